The number of phenolic OH excluding ortho intramolecular Hbond substituents is 1. The molecule has 7 heteroatoms. The molecule has 2 aromatic carbocycles. The largest absolute Gasteiger partial charge is 0.508 e. The number of aromatic nitrogens is 1. The van der Waals surface area contributed by atoms with Crippen molar-refractivity contribution < 1.29 is 28.6 Å². The molecular weight excluding hydrogens is 392 g/mol. The third-order valence-corrected chi connectivity index (χ3v) is 5.98. The number of hydrogen-bond donors (Lipinski definition) is 2. The van der Waals surface area contributed by atoms with Crippen molar-refractivity contribution in [3.63, 3.8) is 0 Å². The standard InChI is InChI=1S/C23H23F2NO4/c1-12-19(23(5,21(29)30)22(2,3)4)15-11-14(27)7-9-18(15)26(12)20(28)13-6-8-16(24)17(25)10-13/h6-11,27H,1-5H3,(H,29,30)/t23-/m1/s1. The molecule has 0 aliphatic carbocycles. The number of halogens is 2. The molecule has 2 N–H and O–H groups in total. The summed E-state index contributed by atoms with van der Waals surface area (Å²) in [6.45, 7) is 8.53. The van der Waals surface area contributed by atoms with E-state index in [1.165, 1.54) is 28.8 Å². The maximum Gasteiger partial charge on any atom is 0.314 e. The summed E-state index contributed by atoms with van der Waals surface area (Å²) in [4.78, 5) is 25.7. The quantitative estimate of drug-likeness (QED) is 0.630. The van der Waals surface area contributed by atoms with Crippen molar-refractivity contribution in [1.29, 1.82) is 0 Å². The fourth-order valence-electron chi connectivity index (χ4n) is 3.86. The summed E-state index contributed by atoms with van der Waals surface area (Å²) in [6, 6.07) is 7.15. The number of nitrogens with zero attached hydrogens (tertiary/aromatic N) is 1. The van der Waals surface area contributed by atoms with Gasteiger partial charge in [0.25, 0.3) is 5.91 Å². The predicted octanol–water partition coefficient (Wildman–Crippen LogP) is 5.01. The zero-order chi connectivity index (χ0) is 22.6. The Morgan fingerprint density at radius 3 is 2.13 bits per heavy atom. The van der Waals surface area contributed by atoms with E-state index in [1.807, 2.05) is 0 Å². The van der Waals surface area contributed by atoms with E-state index in [-0.39, 0.29) is 11.3 Å². The molecule has 0 spiro atoms. The Balaban J connectivity index is 2.41. The summed E-state index contributed by atoms with van der Waals surface area (Å²) in [7, 11) is 0. The molecule has 3 aromatic rings. The van der Waals surface area contributed by atoms with Gasteiger partial charge in [-0.05, 0) is 61.2 Å². The molecule has 5 nitrogen and oxygen atoms in total. The fourth-order valence-corrected chi connectivity index (χ4v) is 3.86. The van der Waals surface area contributed by atoms with Crippen LogP contribution in [0.2, 0.25) is 0 Å². The molecule has 0 saturated carbocycles. The van der Waals surface area contributed by atoms with Crippen LogP contribution in [0.4, 0.5) is 8.78 Å². The zero-order valence-corrected chi connectivity index (χ0v) is 17.4. The Hall–Kier alpha value is -3.22. The molecule has 0 radical (unpaired) electrons. The molecule has 0 bridgehead atoms. The maximum atomic E-state index is 13.7. The van der Waals surface area contributed by atoms with Gasteiger partial charge in [-0.1, -0.05) is 20.8 Å². The topological polar surface area (TPSA) is 79.5 Å². The van der Waals surface area contributed by atoms with E-state index in [9.17, 15) is 28.6 Å². The molecule has 1 heterocycles. The van der Waals surface area contributed by atoms with Crippen LogP contribution in [0.5, 0.6) is 5.75 Å². The molecule has 0 amide bonds. The third-order valence-electron chi connectivity index (χ3n) is 5.98. The zero-order valence-electron chi connectivity index (χ0n) is 17.4. The van der Waals surface area contributed by atoms with Gasteiger partial charge in [0.05, 0.1) is 10.9 Å². The molecule has 0 saturated heterocycles. The Morgan fingerprint density at radius 1 is 0.967 bits per heavy atom. The van der Waals surface area contributed by atoms with Crippen LogP contribution in [0, 0.1) is 24.0 Å². The van der Waals surface area contributed by atoms with Crippen molar-refractivity contribution in [1.82, 2.24) is 4.57 Å². The van der Waals surface area contributed by atoms with Gasteiger partial charge in [0, 0.05) is 16.6 Å². The lowest BCUT2D eigenvalue weighted by Gasteiger charge is -2.39. The highest BCUT2D eigenvalue weighted by molar-refractivity contribution is 6.06. The summed E-state index contributed by atoms with van der Waals surface area (Å²) in [5, 5.41) is 20.6. The van der Waals surface area contributed by atoms with Crippen LogP contribution in [-0.4, -0.2) is 26.7 Å². The van der Waals surface area contributed by atoms with Crippen molar-refractivity contribution >= 4 is 22.8 Å². The van der Waals surface area contributed by atoms with Gasteiger partial charge in [0.15, 0.2) is 11.6 Å². The highest BCUT2D eigenvalue weighted by Crippen LogP contribution is 2.47. The van der Waals surface area contributed by atoms with Crippen molar-refractivity contribution in [2.75, 3.05) is 0 Å². The lowest BCUT2D eigenvalue weighted by Crippen LogP contribution is -2.45. The second-order valence-electron chi connectivity index (χ2n) is 8.61. The molecular formula is C23H23F2NO4. The van der Waals surface area contributed by atoms with Gasteiger partial charge in [-0.15, -0.1) is 0 Å². The molecule has 0 aliphatic rings. The average Bonchev–Trinajstić information content (AvgIpc) is 2.92. The minimum atomic E-state index is -1.41. The van der Waals surface area contributed by atoms with Gasteiger partial charge in [0.2, 0.25) is 0 Å². The minimum Gasteiger partial charge on any atom is -0.508 e. The van der Waals surface area contributed by atoms with Gasteiger partial charge < -0.3 is 10.2 Å². The number of fused-ring (bicyclic) bond motifs is 1. The van der Waals surface area contributed by atoms with Crippen LogP contribution < -0.4 is 0 Å². The third kappa shape index (κ3) is 3.05. The molecule has 1 aromatic heterocycles. The molecule has 0 unspecified atom stereocenters. The van der Waals surface area contributed by atoms with E-state index in [2.05, 4.69) is 0 Å². The van der Waals surface area contributed by atoms with Crippen LogP contribution in [-0.2, 0) is 10.2 Å². The van der Waals surface area contributed by atoms with Gasteiger partial charge in [-0.3, -0.25) is 14.2 Å². The smallest absolute Gasteiger partial charge is 0.314 e. The lowest BCUT2D eigenvalue weighted by molar-refractivity contribution is -0.147. The number of carboxylic acids is 1. The van der Waals surface area contributed by atoms with E-state index in [0.717, 1.165) is 12.1 Å². The van der Waals surface area contributed by atoms with E-state index in [1.54, 1.807) is 34.6 Å². The van der Waals surface area contributed by atoms with Crippen molar-refractivity contribution in [2.24, 2.45) is 5.41 Å². The summed E-state index contributed by atoms with van der Waals surface area (Å²) >= 11 is 0. The minimum absolute atomic E-state index is 0.0807. The van der Waals surface area contributed by atoms with Crippen LogP contribution in [0.3, 0.4) is 0 Å². The van der Waals surface area contributed by atoms with Gasteiger partial charge in [-0.25, -0.2) is 8.78 Å². The number of phenols is 1. The monoisotopic (exact) mass is 415 g/mol. The van der Waals surface area contributed by atoms with E-state index >= 15 is 0 Å². The first kappa shape index (κ1) is 21.5. The second-order valence-corrected chi connectivity index (χ2v) is 8.61. The van der Waals surface area contributed by atoms with E-state index in [4.69, 9.17) is 0 Å². The van der Waals surface area contributed by atoms with Crippen LogP contribution >= 0.6 is 0 Å². The van der Waals surface area contributed by atoms with Gasteiger partial charge in [0.1, 0.15) is 5.75 Å². The highest BCUT2D eigenvalue weighted by atomic mass is 19.2. The Labute approximate surface area is 172 Å². The van der Waals surface area contributed by atoms with Crippen LogP contribution in [0.25, 0.3) is 10.9 Å². The molecule has 0 aliphatic heterocycles. The number of aromatic hydroxyl groups is 1. The van der Waals surface area contributed by atoms with Gasteiger partial charge >= 0.3 is 5.97 Å². The first-order valence-corrected chi connectivity index (χ1v) is 9.38. The summed E-state index contributed by atoms with van der Waals surface area (Å²) in [5.41, 5.74) is -1.15. The average molecular weight is 415 g/mol. The van der Waals surface area contributed by atoms with Gasteiger partial charge in [-0.2, -0.15) is 0 Å². The molecule has 1 atom stereocenters. The fraction of sp³-hybridized carbons (Fsp3) is 0.304. The van der Waals surface area contributed by atoms with E-state index in [0.29, 0.717) is 22.2 Å². The van der Waals surface area contributed by atoms with Crippen molar-refractivity contribution in [2.45, 2.75) is 40.0 Å². The Morgan fingerprint density at radius 2 is 1.60 bits per heavy atom. The number of rotatable bonds is 3. The summed E-state index contributed by atoms with van der Waals surface area (Å²) in [6.07, 6.45) is 0. The van der Waals surface area contributed by atoms with Crippen molar-refractivity contribution in [3.8, 4) is 5.75 Å². The first-order chi connectivity index (χ1) is 13.8. The molecule has 0 fully saturated rings. The lowest BCUT2D eigenvalue weighted by atomic mass is 9.63. The summed E-state index contributed by atoms with van der Waals surface area (Å²) in [5.74, 6) is -4.02. The van der Waals surface area contributed by atoms with Crippen LogP contribution in [0.1, 0.15) is 49.3 Å². The second kappa shape index (κ2) is 6.93. The number of carbonyl (C=O) groups excluding carboxylic acids is 1. The summed E-state index contributed by atoms with van der Waals surface area (Å²) < 4.78 is 28.3. The van der Waals surface area contributed by atoms with E-state index < -0.39 is 34.3 Å². The number of aliphatic carboxylic acids is 1. The highest BCUT2D eigenvalue weighted by Gasteiger charge is 2.49. The number of hydrogen-bond acceptors (Lipinski definition) is 3. The number of benzene rings is 2. The molecule has 30 heavy (non-hydrogen) atoms. The number of carboxylic acid groups (broad SMARTS) is 1. The Kier molecular flexibility index (Phi) is 4.97. The van der Waals surface area contributed by atoms with Crippen LogP contribution in [0.15, 0.2) is 36.4 Å². The normalized spacial score (nSPS) is 14.0. The first-order valence-electron chi connectivity index (χ1n) is 9.38. The Bertz CT molecular complexity index is 1190. The predicted molar refractivity (Wildman–Crippen MR) is 109 cm³/mol. The SMILES string of the molecule is Cc1c([C@](C)(C(=O)O)C(C)(C)C)c2cc(O)ccc2n1C(=O)c1ccc(F)c(F)c1. The maximum absolute atomic E-state index is 13.7. The number of carbonyl (C=O) groups is 2. The molecule has 3 rings (SSSR count). The molecule has 158 valence electrons. The van der Waals surface area contributed by atoms with Crippen molar-refractivity contribution in [3.05, 3.63) is 64.9 Å².